The molecule has 0 aliphatic carbocycles. The number of hydrogen-bond acceptors (Lipinski definition) is 7. The van der Waals surface area contributed by atoms with Crippen LogP contribution in [0.3, 0.4) is 0 Å². The molecule has 2 aromatic carbocycles. The molecule has 1 atom stereocenters. The zero-order valence-electron chi connectivity index (χ0n) is 23.6. The predicted octanol–water partition coefficient (Wildman–Crippen LogP) is 5.12. The average molecular weight is 538 g/mol. The van der Waals surface area contributed by atoms with E-state index in [4.69, 9.17) is 4.52 Å². The number of benzene rings is 2. The number of rotatable bonds is 6. The first kappa shape index (κ1) is 25.2. The Morgan fingerprint density at radius 3 is 2.38 bits per heavy atom. The number of quaternary nitrogens is 1. The first-order valence-corrected chi connectivity index (χ1v) is 14.5. The van der Waals surface area contributed by atoms with Gasteiger partial charge in [-0.2, -0.15) is 0 Å². The Kier molecular flexibility index (Phi) is 5.93. The van der Waals surface area contributed by atoms with Crippen molar-refractivity contribution in [3.63, 3.8) is 0 Å². The third kappa shape index (κ3) is 4.25. The van der Waals surface area contributed by atoms with Gasteiger partial charge in [-0.3, -0.25) is 4.48 Å². The van der Waals surface area contributed by atoms with Gasteiger partial charge in [-0.1, -0.05) is 55.4 Å². The molecule has 0 bridgehead atoms. The molecule has 0 N–H and O–H groups in total. The molecule has 8 heteroatoms. The van der Waals surface area contributed by atoms with E-state index in [-0.39, 0.29) is 23.2 Å². The van der Waals surface area contributed by atoms with E-state index in [0.29, 0.717) is 10.2 Å². The van der Waals surface area contributed by atoms with E-state index < -0.39 is 0 Å². The summed E-state index contributed by atoms with van der Waals surface area (Å²) < 4.78 is 6.32. The Labute approximate surface area is 235 Å². The van der Waals surface area contributed by atoms with Crippen molar-refractivity contribution in [2.24, 2.45) is 11.3 Å². The Balaban J connectivity index is 0.992. The average Bonchev–Trinajstić information content (AvgIpc) is 3.57. The fraction of sp³-hybridized carbons (Fsp3) is 0.438. The lowest BCUT2D eigenvalue weighted by Gasteiger charge is -2.61. The minimum absolute atomic E-state index is 0.170. The van der Waals surface area contributed by atoms with Gasteiger partial charge in [0, 0.05) is 67.1 Å². The third-order valence-electron chi connectivity index (χ3n) is 9.28. The molecule has 5 heterocycles. The van der Waals surface area contributed by atoms with E-state index in [1.54, 1.807) is 0 Å². The van der Waals surface area contributed by atoms with Crippen LogP contribution in [-0.2, 0) is 4.79 Å². The number of likely N-dealkylation sites (tertiary alicyclic amines) is 1. The third-order valence-corrected chi connectivity index (χ3v) is 9.28. The topological polar surface area (TPSA) is 75.4 Å². The van der Waals surface area contributed by atoms with E-state index in [2.05, 4.69) is 82.4 Å². The van der Waals surface area contributed by atoms with Gasteiger partial charge in [-0.05, 0) is 24.1 Å². The number of fused-ring (bicyclic) bond motifs is 1. The zero-order chi connectivity index (χ0) is 27.5. The number of amides is 1. The molecular formula is C32H37N6O2+. The first-order valence-electron chi connectivity index (χ1n) is 14.5. The van der Waals surface area contributed by atoms with E-state index >= 15 is 0 Å². The highest BCUT2D eigenvalue weighted by molar-refractivity contribution is 5.85. The largest absolute Gasteiger partial charge is 0.370 e. The van der Waals surface area contributed by atoms with Crippen LogP contribution in [0.5, 0.6) is 0 Å². The van der Waals surface area contributed by atoms with Crippen LogP contribution in [0.1, 0.15) is 38.4 Å². The van der Waals surface area contributed by atoms with Crippen LogP contribution in [0, 0.1) is 11.3 Å². The molecule has 3 aliphatic heterocycles. The van der Waals surface area contributed by atoms with Gasteiger partial charge >= 0.3 is 5.91 Å². The van der Waals surface area contributed by atoms with E-state index in [9.17, 15) is 4.79 Å². The summed E-state index contributed by atoms with van der Waals surface area (Å²) in [6.07, 6.45) is 2.23. The van der Waals surface area contributed by atoms with Gasteiger partial charge in [-0.15, -0.1) is 10.2 Å². The highest BCUT2D eigenvalue weighted by Gasteiger charge is 2.53. The monoisotopic (exact) mass is 537 g/mol. The number of likely N-dealkylation sites (N-methyl/N-ethyl adjacent to an activating group) is 1. The Morgan fingerprint density at radius 2 is 1.65 bits per heavy atom. The van der Waals surface area contributed by atoms with Crippen molar-refractivity contribution in [1.29, 1.82) is 0 Å². The maximum Gasteiger partial charge on any atom is 0.324 e. The molecule has 206 valence electrons. The summed E-state index contributed by atoms with van der Waals surface area (Å²) in [4.78, 5) is 18.2. The molecule has 3 aliphatic rings. The Morgan fingerprint density at radius 1 is 0.925 bits per heavy atom. The summed E-state index contributed by atoms with van der Waals surface area (Å²) >= 11 is 0. The van der Waals surface area contributed by atoms with Gasteiger partial charge in [0.05, 0.1) is 31.3 Å². The van der Waals surface area contributed by atoms with Crippen molar-refractivity contribution >= 4 is 28.3 Å². The predicted molar refractivity (Wildman–Crippen MR) is 156 cm³/mol. The van der Waals surface area contributed by atoms with Crippen molar-refractivity contribution in [3.8, 4) is 11.3 Å². The van der Waals surface area contributed by atoms with Crippen LogP contribution in [0.25, 0.3) is 22.2 Å². The van der Waals surface area contributed by atoms with Gasteiger partial charge in [0.25, 0.3) is 0 Å². The molecule has 3 fully saturated rings. The van der Waals surface area contributed by atoms with Crippen molar-refractivity contribution in [2.45, 2.75) is 32.6 Å². The minimum Gasteiger partial charge on any atom is -0.370 e. The van der Waals surface area contributed by atoms with Gasteiger partial charge in [0.1, 0.15) is 5.92 Å². The number of anilines is 2. The molecule has 3 saturated heterocycles. The van der Waals surface area contributed by atoms with Gasteiger partial charge in [0.15, 0.2) is 11.6 Å². The van der Waals surface area contributed by atoms with Crippen molar-refractivity contribution in [1.82, 2.24) is 15.4 Å². The van der Waals surface area contributed by atoms with Crippen LogP contribution < -0.4 is 9.80 Å². The second-order valence-electron chi connectivity index (χ2n) is 12.7. The minimum atomic E-state index is -0.251. The quantitative estimate of drug-likeness (QED) is 0.316. The summed E-state index contributed by atoms with van der Waals surface area (Å²) in [7, 11) is 2.08. The van der Waals surface area contributed by atoms with Crippen LogP contribution >= 0.6 is 0 Å². The van der Waals surface area contributed by atoms with Gasteiger partial charge < -0.3 is 14.3 Å². The molecule has 2 aromatic heterocycles. The lowest BCUT2D eigenvalue weighted by Crippen LogP contribution is -2.72. The lowest BCUT2D eigenvalue weighted by molar-refractivity contribution is -0.822. The number of nitrogens with zero attached hydrogens (tertiary/aromatic N) is 6. The van der Waals surface area contributed by atoms with Crippen LogP contribution in [0.15, 0.2) is 65.2 Å². The summed E-state index contributed by atoms with van der Waals surface area (Å²) in [5.41, 5.74) is 4.36. The van der Waals surface area contributed by atoms with Crippen molar-refractivity contribution in [2.75, 3.05) is 56.1 Å². The first-order chi connectivity index (χ1) is 19.3. The van der Waals surface area contributed by atoms with Crippen LogP contribution in [0.4, 0.5) is 11.5 Å². The smallest absolute Gasteiger partial charge is 0.324 e. The summed E-state index contributed by atoms with van der Waals surface area (Å²) in [5.74, 6) is 1.75. The number of hydrogen-bond donors (Lipinski definition) is 0. The lowest BCUT2D eigenvalue weighted by atomic mass is 9.72. The molecule has 0 radical (unpaired) electrons. The summed E-state index contributed by atoms with van der Waals surface area (Å²) in [6, 6.07) is 20.8. The highest BCUT2D eigenvalue weighted by Crippen LogP contribution is 2.44. The molecule has 0 saturated carbocycles. The molecule has 1 amide bonds. The fourth-order valence-electron chi connectivity index (χ4n) is 6.94. The molecule has 40 heavy (non-hydrogen) atoms. The maximum absolute atomic E-state index is 13.5. The van der Waals surface area contributed by atoms with Crippen molar-refractivity contribution in [3.05, 3.63) is 66.4 Å². The fourth-order valence-corrected chi connectivity index (χ4v) is 6.94. The van der Waals surface area contributed by atoms with E-state index in [1.165, 1.54) is 5.69 Å². The van der Waals surface area contributed by atoms with Crippen LogP contribution in [0.2, 0.25) is 0 Å². The summed E-state index contributed by atoms with van der Waals surface area (Å²) in [6.45, 7) is 9.99. The maximum atomic E-state index is 13.5. The molecule has 8 nitrogen and oxygen atoms in total. The molecule has 4 aromatic rings. The van der Waals surface area contributed by atoms with Crippen molar-refractivity contribution < 1.29 is 13.8 Å². The van der Waals surface area contributed by atoms with E-state index in [1.807, 2.05) is 24.3 Å². The Bertz CT molecular complexity index is 1540. The SMILES string of the molecule is CC(C)C(C(=O)[N+]1(C)CCCC1)c1cc(N2CC3(CN(c4ccc5cc(-c6ccccc6)nnc5c4)C3)C2)no1. The van der Waals surface area contributed by atoms with Crippen LogP contribution in [-0.4, -0.2) is 72.1 Å². The molecule has 7 rings (SSSR count). The second-order valence-corrected chi connectivity index (χ2v) is 12.7. The number of carbonyl (C=O) groups excluding carboxylic acids is 1. The summed E-state index contributed by atoms with van der Waals surface area (Å²) in [5, 5.41) is 14.5. The highest BCUT2D eigenvalue weighted by atomic mass is 16.5. The van der Waals surface area contributed by atoms with E-state index in [0.717, 1.165) is 80.1 Å². The van der Waals surface area contributed by atoms with Gasteiger partial charge in [0.2, 0.25) is 0 Å². The standard InChI is InChI=1S/C32H37N6O2/c1-22(2)30(31(39)38(3)13-7-8-14-38)28-17-29(35-40-28)37-20-32(21-37)18-36(19-32)25-12-11-24-15-26(33-34-27(24)16-25)23-9-5-4-6-10-23/h4-6,9-12,15-17,22,30H,7-8,13-14,18-21H2,1-3H3/q+1. The zero-order valence-corrected chi connectivity index (χ0v) is 23.6. The molecule has 1 unspecified atom stereocenters. The van der Waals surface area contributed by atoms with Gasteiger partial charge in [-0.25, -0.2) is 4.79 Å². The number of aromatic nitrogens is 3. The number of carbonyl (C=O) groups is 1. The Hall–Kier alpha value is -3.78. The molecular weight excluding hydrogens is 500 g/mol. The normalized spacial score (nSPS) is 20.1. The second kappa shape index (κ2) is 9.41. The molecule has 1 spiro atoms.